The van der Waals surface area contributed by atoms with Crippen molar-refractivity contribution in [2.45, 2.75) is 89.9 Å². The topological polar surface area (TPSA) is 43.7 Å². The molecular formula is C46H49B2NO2. The first kappa shape index (κ1) is 32.8. The van der Waals surface area contributed by atoms with Crippen LogP contribution in [0.2, 0.25) is 0 Å². The Morgan fingerprint density at radius 3 is 1.71 bits per heavy atom. The summed E-state index contributed by atoms with van der Waals surface area (Å²) >= 11 is 0. The summed E-state index contributed by atoms with van der Waals surface area (Å²) in [5, 5.41) is 18.4. The molecule has 3 nitrogen and oxygen atoms in total. The minimum absolute atomic E-state index is 0.245. The highest BCUT2D eigenvalue weighted by molar-refractivity contribution is 7.05. The standard InChI is InChI=1S/C46H49B2NO2/c50-28-15-7-3-1-5-9-18-32-30-39-46-40(31-32)48-38-24-14-12-21-36(38)43-33(19-10-6-2-4-8-16-29-51)26-27-42(45(43)48)49(46)41-25-17-22-35-34-20-11-13-23-37(34)47(39)44(35)41/h11-14,17,20-27,30-31,50-51H,1-10,15-16,18-19,28-29H2. The highest BCUT2D eigenvalue weighted by atomic mass is 16.3. The number of rotatable bonds is 16. The number of hydrogen-bond acceptors (Lipinski definition) is 3. The van der Waals surface area contributed by atoms with Gasteiger partial charge in [0, 0.05) is 30.3 Å². The van der Waals surface area contributed by atoms with Crippen molar-refractivity contribution in [3.05, 3.63) is 102 Å². The van der Waals surface area contributed by atoms with Gasteiger partial charge in [-0.25, -0.2) is 0 Å². The van der Waals surface area contributed by atoms with Crippen molar-refractivity contribution in [1.29, 1.82) is 0 Å². The summed E-state index contributed by atoms with van der Waals surface area (Å²) in [6, 6.07) is 35.6. The highest BCUT2D eigenvalue weighted by Gasteiger charge is 2.49. The molecule has 256 valence electrons. The molecule has 4 aliphatic heterocycles. The number of aryl methyl sites for hydroxylation is 2. The monoisotopic (exact) mass is 669 g/mol. The van der Waals surface area contributed by atoms with E-state index in [1.54, 1.807) is 0 Å². The number of nitrogens with zero attached hydrogens (tertiary/aromatic N) is 1. The maximum absolute atomic E-state index is 9.21. The van der Waals surface area contributed by atoms with Gasteiger partial charge in [0.1, 0.15) is 0 Å². The van der Waals surface area contributed by atoms with E-state index in [1.165, 1.54) is 135 Å². The van der Waals surface area contributed by atoms with Crippen LogP contribution in [0.1, 0.15) is 88.2 Å². The van der Waals surface area contributed by atoms with Crippen LogP contribution in [-0.2, 0) is 12.8 Å². The van der Waals surface area contributed by atoms with Crippen molar-refractivity contribution in [3.63, 3.8) is 0 Å². The minimum atomic E-state index is 0.245. The fourth-order valence-corrected chi connectivity index (χ4v) is 10.1. The quantitative estimate of drug-likeness (QED) is 0.0910. The van der Waals surface area contributed by atoms with Gasteiger partial charge in [-0.05, 0) is 106 Å². The average molecular weight is 670 g/mol. The number of aliphatic hydroxyl groups excluding tert-OH is 2. The van der Waals surface area contributed by atoms with E-state index in [4.69, 9.17) is 0 Å². The van der Waals surface area contributed by atoms with E-state index in [2.05, 4.69) is 95.9 Å². The second-order valence-corrected chi connectivity index (χ2v) is 15.5. The third kappa shape index (κ3) is 5.51. The fraction of sp³-hybridized carbons (Fsp3) is 0.348. The Balaban J connectivity index is 1.16. The van der Waals surface area contributed by atoms with Gasteiger partial charge in [0.05, 0.1) is 0 Å². The van der Waals surface area contributed by atoms with Crippen molar-refractivity contribution in [3.8, 4) is 22.3 Å². The Labute approximate surface area is 304 Å². The fourth-order valence-electron chi connectivity index (χ4n) is 10.1. The van der Waals surface area contributed by atoms with E-state index in [0.29, 0.717) is 13.2 Å². The minimum Gasteiger partial charge on any atom is -0.396 e. The zero-order valence-corrected chi connectivity index (χ0v) is 30.0. The van der Waals surface area contributed by atoms with E-state index >= 15 is 0 Å². The third-order valence-corrected chi connectivity index (χ3v) is 12.4. The summed E-state index contributed by atoms with van der Waals surface area (Å²) in [5.41, 5.74) is 21.7. The molecular weight excluding hydrogens is 620 g/mol. The van der Waals surface area contributed by atoms with E-state index in [9.17, 15) is 10.2 Å². The van der Waals surface area contributed by atoms with Crippen molar-refractivity contribution < 1.29 is 10.2 Å². The predicted molar refractivity (Wildman–Crippen MR) is 218 cm³/mol. The lowest BCUT2D eigenvalue weighted by molar-refractivity contribution is 0.282. The zero-order chi connectivity index (χ0) is 34.3. The van der Waals surface area contributed by atoms with Crippen LogP contribution in [0, 0.1) is 0 Å². The number of benzene rings is 5. The van der Waals surface area contributed by atoms with Gasteiger partial charge in [-0.3, -0.25) is 0 Å². The highest BCUT2D eigenvalue weighted by Crippen LogP contribution is 2.45. The molecule has 5 aromatic carbocycles. The van der Waals surface area contributed by atoms with Gasteiger partial charge >= 0.3 is 0 Å². The number of unbranched alkanes of at least 4 members (excludes halogenated alkanes) is 10. The molecule has 4 aliphatic rings. The van der Waals surface area contributed by atoms with Gasteiger partial charge in [0.25, 0.3) is 0 Å². The molecule has 2 N–H and O–H groups in total. The number of fused-ring (bicyclic) bond motifs is 10. The lowest BCUT2D eigenvalue weighted by Crippen LogP contribution is -2.63. The maximum Gasteiger partial charge on any atom is 0.248 e. The van der Waals surface area contributed by atoms with Crippen LogP contribution in [0.25, 0.3) is 22.3 Å². The molecule has 0 aromatic heterocycles. The molecule has 0 aliphatic carbocycles. The van der Waals surface area contributed by atoms with Gasteiger partial charge in [0.2, 0.25) is 13.4 Å². The summed E-state index contributed by atoms with van der Waals surface area (Å²) in [4.78, 5) is 2.67. The Kier molecular flexibility index (Phi) is 9.12. The van der Waals surface area contributed by atoms with E-state index < -0.39 is 0 Å². The predicted octanol–water partition coefficient (Wildman–Crippen LogP) is 6.53. The molecule has 4 heterocycles. The van der Waals surface area contributed by atoms with Crippen LogP contribution in [0.4, 0.5) is 17.1 Å². The van der Waals surface area contributed by atoms with E-state index in [-0.39, 0.29) is 13.4 Å². The summed E-state index contributed by atoms with van der Waals surface area (Å²) in [6.45, 7) is 1.13. The number of anilines is 3. The Hall–Kier alpha value is -4.05. The van der Waals surface area contributed by atoms with Gasteiger partial charge in [-0.15, -0.1) is 0 Å². The molecule has 0 bridgehead atoms. The lowest BCUT2D eigenvalue weighted by atomic mass is 9.32. The van der Waals surface area contributed by atoms with E-state index in [1.807, 2.05) is 0 Å². The van der Waals surface area contributed by atoms with Gasteiger partial charge in [0.15, 0.2) is 0 Å². The molecule has 0 radical (unpaired) electrons. The molecule has 0 amide bonds. The van der Waals surface area contributed by atoms with Crippen LogP contribution in [0.3, 0.4) is 0 Å². The van der Waals surface area contributed by atoms with Crippen LogP contribution in [0.5, 0.6) is 0 Å². The maximum atomic E-state index is 9.21. The first-order chi connectivity index (χ1) is 25.3. The summed E-state index contributed by atoms with van der Waals surface area (Å²) < 4.78 is 0. The lowest BCUT2D eigenvalue weighted by Gasteiger charge is -2.43. The average Bonchev–Trinajstić information content (AvgIpc) is 3.70. The first-order valence-electron chi connectivity index (χ1n) is 20.0. The largest absolute Gasteiger partial charge is 0.396 e. The normalized spacial score (nSPS) is 13.6. The van der Waals surface area contributed by atoms with Crippen molar-refractivity contribution in [2.24, 2.45) is 0 Å². The molecule has 0 atom stereocenters. The first-order valence-corrected chi connectivity index (χ1v) is 20.0. The van der Waals surface area contributed by atoms with Crippen LogP contribution in [-0.4, -0.2) is 36.9 Å². The van der Waals surface area contributed by atoms with Gasteiger partial charge in [-0.1, -0.05) is 141 Å². The summed E-state index contributed by atoms with van der Waals surface area (Å²) in [5.74, 6) is 0. The SMILES string of the molecule is OCCCCCCCCc1cc2c3c(c1)B1c4ccccc4-c4c(CCCCCCCCO)ccc(c41)N3c1cccc3c1B2c1ccccc1-3. The molecule has 9 rings (SSSR count). The van der Waals surface area contributed by atoms with Gasteiger partial charge < -0.3 is 15.1 Å². The smallest absolute Gasteiger partial charge is 0.248 e. The molecule has 0 saturated carbocycles. The third-order valence-electron chi connectivity index (χ3n) is 12.4. The molecule has 0 saturated heterocycles. The Bertz CT molecular complexity index is 2090. The zero-order valence-electron chi connectivity index (χ0n) is 30.0. The molecule has 5 aromatic rings. The summed E-state index contributed by atoms with van der Waals surface area (Å²) in [6.07, 6.45) is 16.2. The second kappa shape index (κ2) is 14.2. The van der Waals surface area contributed by atoms with Crippen LogP contribution in [0.15, 0.2) is 91.0 Å². The van der Waals surface area contributed by atoms with Crippen LogP contribution < -0.4 is 37.7 Å². The van der Waals surface area contributed by atoms with Crippen molar-refractivity contribution >= 4 is 63.3 Å². The molecule has 5 heteroatoms. The van der Waals surface area contributed by atoms with Gasteiger partial charge in [-0.2, -0.15) is 0 Å². The van der Waals surface area contributed by atoms with E-state index in [0.717, 1.165) is 38.5 Å². The molecule has 0 spiro atoms. The molecule has 0 unspecified atom stereocenters. The van der Waals surface area contributed by atoms with Crippen molar-refractivity contribution in [2.75, 3.05) is 18.1 Å². The summed E-state index contributed by atoms with van der Waals surface area (Å²) in [7, 11) is 0. The Morgan fingerprint density at radius 2 is 1.00 bits per heavy atom. The Morgan fingerprint density at radius 1 is 0.451 bits per heavy atom. The van der Waals surface area contributed by atoms with Crippen LogP contribution >= 0.6 is 0 Å². The number of hydrogen-bond donors (Lipinski definition) is 2. The molecule has 0 fully saturated rings. The number of aliphatic hydroxyl groups is 2. The second-order valence-electron chi connectivity index (χ2n) is 15.5. The molecule has 51 heavy (non-hydrogen) atoms. The van der Waals surface area contributed by atoms with Crippen molar-refractivity contribution in [1.82, 2.24) is 0 Å².